The first kappa shape index (κ1) is 12.5. The van der Waals surface area contributed by atoms with Crippen LogP contribution in [0.1, 0.15) is 29.6 Å². The molecule has 4 heteroatoms. The van der Waals surface area contributed by atoms with Crippen molar-refractivity contribution in [3.63, 3.8) is 0 Å². The molecule has 0 aromatic heterocycles. The summed E-state index contributed by atoms with van der Waals surface area (Å²) < 4.78 is 5.77. The molecule has 102 valence electrons. The van der Waals surface area contributed by atoms with Gasteiger partial charge < -0.3 is 15.0 Å². The molecule has 1 saturated heterocycles. The maximum absolute atomic E-state index is 12.8. The van der Waals surface area contributed by atoms with Crippen molar-refractivity contribution in [1.82, 2.24) is 4.90 Å². The predicted molar refractivity (Wildman–Crippen MR) is 74.4 cm³/mol. The number of morpholine rings is 1. The number of hydrogen-bond acceptors (Lipinski definition) is 3. The van der Waals surface area contributed by atoms with Crippen LogP contribution in [0, 0.1) is 0 Å². The van der Waals surface area contributed by atoms with E-state index in [9.17, 15) is 4.79 Å². The molecule has 3 rings (SSSR count). The minimum Gasteiger partial charge on any atom is -0.387 e. The van der Waals surface area contributed by atoms with Crippen molar-refractivity contribution in [3.8, 4) is 0 Å². The highest BCUT2D eigenvalue weighted by molar-refractivity contribution is 5.99. The molecular formula is C15H20N2O2. The van der Waals surface area contributed by atoms with Crippen LogP contribution in [0.3, 0.4) is 0 Å². The zero-order valence-electron chi connectivity index (χ0n) is 11.3. The van der Waals surface area contributed by atoms with Gasteiger partial charge in [-0.25, -0.2) is 0 Å². The van der Waals surface area contributed by atoms with Crippen molar-refractivity contribution in [1.29, 1.82) is 0 Å². The summed E-state index contributed by atoms with van der Waals surface area (Å²) in [4.78, 5) is 14.8. The Hall–Kier alpha value is -1.55. The average Bonchev–Trinajstić information content (AvgIpc) is 2.94. The molecule has 2 fully saturated rings. The lowest BCUT2D eigenvalue weighted by atomic mass is 10.1. The van der Waals surface area contributed by atoms with Gasteiger partial charge >= 0.3 is 0 Å². The van der Waals surface area contributed by atoms with Gasteiger partial charge in [-0.3, -0.25) is 4.79 Å². The van der Waals surface area contributed by atoms with E-state index >= 15 is 0 Å². The first-order chi connectivity index (χ1) is 9.31. The molecule has 1 amide bonds. The average molecular weight is 260 g/mol. The van der Waals surface area contributed by atoms with Crippen LogP contribution in [0.4, 0.5) is 5.69 Å². The fourth-order valence-electron chi connectivity index (χ4n) is 3.22. The van der Waals surface area contributed by atoms with Crippen molar-refractivity contribution >= 4 is 11.6 Å². The van der Waals surface area contributed by atoms with E-state index in [1.165, 1.54) is 0 Å². The van der Waals surface area contributed by atoms with E-state index in [1.807, 2.05) is 36.2 Å². The maximum atomic E-state index is 12.8. The van der Waals surface area contributed by atoms with Gasteiger partial charge in [0.25, 0.3) is 5.91 Å². The molecule has 2 unspecified atom stereocenters. The molecule has 4 nitrogen and oxygen atoms in total. The van der Waals surface area contributed by atoms with Crippen LogP contribution in [0.2, 0.25) is 0 Å². The Morgan fingerprint density at radius 2 is 2.21 bits per heavy atom. The van der Waals surface area contributed by atoms with Gasteiger partial charge in [-0.1, -0.05) is 12.1 Å². The number of hydrogen-bond donors (Lipinski definition) is 1. The molecule has 0 radical (unpaired) electrons. The van der Waals surface area contributed by atoms with E-state index in [0.717, 1.165) is 30.5 Å². The summed E-state index contributed by atoms with van der Waals surface area (Å²) >= 11 is 0. The molecule has 2 atom stereocenters. The van der Waals surface area contributed by atoms with Gasteiger partial charge in [0.1, 0.15) is 0 Å². The molecule has 19 heavy (non-hydrogen) atoms. The Morgan fingerprint density at radius 1 is 1.37 bits per heavy atom. The van der Waals surface area contributed by atoms with Gasteiger partial charge in [-0.15, -0.1) is 0 Å². The summed E-state index contributed by atoms with van der Waals surface area (Å²) in [6.45, 7) is 1.37. The van der Waals surface area contributed by atoms with E-state index in [0.29, 0.717) is 13.2 Å². The lowest BCUT2D eigenvalue weighted by Crippen LogP contribution is -2.51. The van der Waals surface area contributed by atoms with E-state index in [4.69, 9.17) is 4.74 Å². The third-order valence-electron chi connectivity index (χ3n) is 4.17. The van der Waals surface area contributed by atoms with Gasteiger partial charge in [0.2, 0.25) is 0 Å². The SMILES string of the molecule is CNc1ccccc1C(=O)N1CCOC2CCCC21. The second kappa shape index (κ2) is 5.21. The molecule has 0 bridgehead atoms. The molecule has 1 aromatic rings. The summed E-state index contributed by atoms with van der Waals surface area (Å²) in [6.07, 6.45) is 3.56. The molecule has 0 spiro atoms. The van der Waals surface area contributed by atoms with Gasteiger partial charge in [-0.2, -0.15) is 0 Å². The first-order valence-corrected chi connectivity index (χ1v) is 7.00. The Balaban J connectivity index is 1.86. The molecule has 1 aromatic carbocycles. The second-order valence-corrected chi connectivity index (χ2v) is 5.20. The molecule has 1 N–H and O–H groups in total. The molecule has 1 aliphatic heterocycles. The topological polar surface area (TPSA) is 41.6 Å². The van der Waals surface area contributed by atoms with Gasteiger partial charge in [-0.05, 0) is 31.4 Å². The Bertz CT molecular complexity index is 475. The summed E-state index contributed by atoms with van der Waals surface area (Å²) in [7, 11) is 1.85. The number of rotatable bonds is 2. The van der Waals surface area contributed by atoms with Crippen LogP contribution in [-0.2, 0) is 4.74 Å². The summed E-state index contributed by atoms with van der Waals surface area (Å²) in [5.74, 6) is 0.130. The van der Waals surface area contributed by atoms with Gasteiger partial charge in [0, 0.05) is 19.3 Å². The second-order valence-electron chi connectivity index (χ2n) is 5.20. The standard InChI is InChI=1S/C15H20N2O2/c1-16-12-6-3-2-5-11(12)15(18)17-9-10-19-14-8-4-7-13(14)17/h2-3,5-6,13-14,16H,4,7-10H2,1H3. The fraction of sp³-hybridized carbons (Fsp3) is 0.533. The number of carbonyl (C=O) groups is 1. The van der Waals surface area contributed by atoms with Gasteiger partial charge in [0.05, 0.1) is 24.3 Å². The zero-order chi connectivity index (χ0) is 13.2. The Kier molecular flexibility index (Phi) is 3.42. The van der Waals surface area contributed by atoms with Gasteiger partial charge in [0.15, 0.2) is 0 Å². The van der Waals surface area contributed by atoms with Crippen LogP contribution in [-0.4, -0.2) is 43.2 Å². The van der Waals surface area contributed by atoms with Crippen molar-refractivity contribution in [2.24, 2.45) is 0 Å². The minimum absolute atomic E-state index is 0.130. The summed E-state index contributed by atoms with van der Waals surface area (Å²) in [5, 5.41) is 3.10. The molecule has 1 heterocycles. The monoisotopic (exact) mass is 260 g/mol. The number of ether oxygens (including phenoxy) is 1. The van der Waals surface area contributed by atoms with E-state index in [-0.39, 0.29) is 18.1 Å². The van der Waals surface area contributed by atoms with Crippen LogP contribution in [0.15, 0.2) is 24.3 Å². The van der Waals surface area contributed by atoms with Crippen molar-refractivity contribution in [2.75, 3.05) is 25.5 Å². The number of anilines is 1. The Labute approximate surface area is 113 Å². The normalized spacial score (nSPS) is 26.1. The highest BCUT2D eigenvalue weighted by Crippen LogP contribution is 2.31. The van der Waals surface area contributed by atoms with Crippen molar-refractivity contribution < 1.29 is 9.53 Å². The summed E-state index contributed by atoms with van der Waals surface area (Å²) in [5.41, 5.74) is 1.66. The third kappa shape index (κ3) is 2.21. The number of nitrogens with zero attached hydrogens (tertiary/aromatic N) is 1. The molecule has 1 saturated carbocycles. The first-order valence-electron chi connectivity index (χ1n) is 7.00. The number of fused-ring (bicyclic) bond motifs is 1. The largest absolute Gasteiger partial charge is 0.387 e. The van der Waals surface area contributed by atoms with Crippen LogP contribution in [0.5, 0.6) is 0 Å². The van der Waals surface area contributed by atoms with Crippen molar-refractivity contribution in [3.05, 3.63) is 29.8 Å². The smallest absolute Gasteiger partial charge is 0.256 e. The fourth-order valence-corrected chi connectivity index (χ4v) is 3.22. The van der Waals surface area contributed by atoms with Crippen molar-refractivity contribution in [2.45, 2.75) is 31.4 Å². The van der Waals surface area contributed by atoms with Crippen LogP contribution in [0.25, 0.3) is 0 Å². The number of amides is 1. The van der Waals surface area contributed by atoms with Crippen LogP contribution >= 0.6 is 0 Å². The van der Waals surface area contributed by atoms with Crippen LogP contribution < -0.4 is 5.32 Å². The quantitative estimate of drug-likeness (QED) is 0.885. The molecule has 1 aliphatic carbocycles. The number of carbonyl (C=O) groups excluding carboxylic acids is 1. The Morgan fingerprint density at radius 3 is 3.05 bits per heavy atom. The highest BCUT2D eigenvalue weighted by atomic mass is 16.5. The third-order valence-corrected chi connectivity index (χ3v) is 4.17. The van der Waals surface area contributed by atoms with E-state index in [1.54, 1.807) is 0 Å². The zero-order valence-corrected chi connectivity index (χ0v) is 11.3. The maximum Gasteiger partial charge on any atom is 0.256 e. The lowest BCUT2D eigenvalue weighted by molar-refractivity contribution is -0.0445. The summed E-state index contributed by atoms with van der Waals surface area (Å²) in [6, 6.07) is 7.97. The van der Waals surface area contributed by atoms with E-state index < -0.39 is 0 Å². The van der Waals surface area contributed by atoms with E-state index in [2.05, 4.69) is 5.32 Å². The number of nitrogens with one attached hydrogen (secondary N) is 1. The minimum atomic E-state index is 0.130. The molecule has 2 aliphatic rings. The number of para-hydroxylation sites is 1. The highest BCUT2D eigenvalue weighted by Gasteiger charge is 2.38. The number of benzene rings is 1. The predicted octanol–water partition coefficient (Wildman–Crippen LogP) is 2.12. The molecular weight excluding hydrogens is 240 g/mol. The lowest BCUT2D eigenvalue weighted by Gasteiger charge is -2.38.